The largest absolute Gasteiger partial charge is 0.480 e. The minimum Gasteiger partial charge on any atom is -0.480 e. The molecule has 0 atom stereocenters. The number of ether oxygens (including phenoxy) is 1. The van der Waals surface area contributed by atoms with E-state index < -0.39 is 5.97 Å². The summed E-state index contributed by atoms with van der Waals surface area (Å²) in [7, 11) is 1.62. The smallest absolute Gasteiger partial charge is 0.317 e. The molecule has 0 aliphatic heterocycles. The summed E-state index contributed by atoms with van der Waals surface area (Å²) in [5.74, 6) is -0.801. The topological polar surface area (TPSA) is 49.8 Å². The number of hydrogen-bond acceptors (Lipinski definition) is 4. The number of aliphatic carboxylic acids is 1. The van der Waals surface area contributed by atoms with Gasteiger partial charge in [0.2, 0.25) is 0 Å². The van der Waals surface area contributed by atoms with Crippen LogP contribution in [0, 0.1) is 6.92 Å². The summed E-state index contributed by atoms with van der Waals surface area (Å²) in [6, 6.07) is 2.05. The van der Waals surface area contributed by atoms with Crippen LogP contribution in [0.1, 0.15) is 10.4 Å². The lowest BCUT2D eigenvalue weighted by Gasteiger charge is -2.19. The zero-order valence-corrected chi connectivity index (χ0v) is 10.4. The van der Waals surface area contributed by atoms with Crippen molar-refractivity contribution in [2.75, 3.05) is 26.8 Å². The van der Waals surface area contributed by atoms with Gasteiger partial charge in [-0.3, -0.25) is 9.69 Å². The third-order valence-electron chi connectivity index (χ3n) is 2.31. The van der Waals surface area contributed by atoms with Crippen LogP contribution in [0.25, 0.3) is 0 Å². The molecular weight excluding hydrogens is 226 g/mol. The van der Waals surface area contributed by atoms with Gasteiger partial charge >= 0.3 is 5.97 Å². The highest BCUT2D eigenvalue weighted by atomic mass is 32.1. The molecule has 1 aromatic rings. The molecule has 16 heavy (non-hydrogen) atoms. The number of methoxy groups -OCH3 is 1. The van der Waals surface area contributed by atoms with Crippen molar-refractivity contribution >= 4 is 17.3 Å². The van der Waals surface area contributed by atoms with E-state index in [2.05, 4.69) is 6.07 Å². The summed E-state index contributed by atoms with van der Waals surface area (Å²) < 4.78 is 4.97. The van der Waals surface area contributed by atoms with Crippen molar-refractivity contribution in [3.05, 3.63) is 21.9 Å². The molecule has 0 saturated heterocycles. The molecule has 0 fully saturated rings. The van der Waals surface area contributed by atoms with Crippen LogP contribution >= 0.6 is 11.3 Å². The normalized spacial score (nSPS) is 10.9. The third-order valence-corrected chi connectivity index (χ3v) is 3.31. The predicted octanol–water partition coefficient (Wildman–Crippen LogP) is 1.59. The summed E-state index contributed by atoms with van der Waals surface area (Å²) >= 11 is 1.66. The van der Waals surface area contributed by atoms with E-state index in [1.807, 2.05) is 17.2 Å². The second-order valence-corrected chi connectivity index (χ2v) is 4.62. The van der Waals surface area contributed by atoms with Crippen molar-refractivity contribution in [2.45, 2.75) is 13.5 Å². The van der Waals surface area contributed by atoms with E-state index >= 15 is 0 Å². The quantitative estimate of drug-likeness (QED) is 0.790. The van der Waals surface area contributed by atoms with E-state index in [0.29, 0.717) is 19.7 Å². The Kier molecular flexibility index (Phi) is 5.45. The Morgan fingerprint density at radius 3 is 2.88 bits per heavy atom. The summed E-state index contributed by atoms with van der Waals surface area (Å²) in [6.07, 6.45) is 0. The maximum atomic E-state index is 10.7. The molecule has 0 unspecified atom stereocenters. The molecule has 0 amide bonds. The van der Waals surface area contributed by atoms with Crippen LogP contribution in [0.15, 0.2) is 11.4 Å². The molecule has 0 radical (unpaired) electrons. The highest BCUT2D eigenvalue weighted by Gasteiger charge is 2.11. The predicted molar refractivity (Wildman–Crippen MR) is 63.8 cm³/mol. The Hall–Kier alpha value is -0.910. The maximum Gasteiger partial charge on any atom is 0.317 e. The van der Waals surface area contributed by atoms with Gasteiger partial charge in [-0.05, 0) is 23.9 Å². The van der Waals surface area contributed by atoms with Crippen molar-refractivity contribution in [1.29, 1.82) is 0 Å². The summed E-state index contributed by atoms with van der Waals surface area (Å²) in [5.41, 5.74) is 1.22. The minimum absolute atomic E-state index is 0.0563. The number of nitrogens with zero attached hydrogens (tertiary/aromatic N) is 1. The molecule has 0 saturated carbocycles. The Morgan fingerprint density at radius 1 is 1.62 bits per heavy atom. The van der Waals surface area contributed by atoms with Gasteiger partial charge in [0.15, 0.2) is 0 Å². The molecule has 0 bridgehead atoms. The van der Waals surface area contributed by atoms with Crippen LogP contribution in [-0.2, 0) is 16.1 Å². The zero-order valence-electron chi connectivity index (χ0n) is 9.60. The number of thiophene rings is 1. The van der Waals surface area contributed by atoms with Crippen molar-refractivity contribution in [1.82, 2.24) is 4.90 Å². The van der Waals surface area contributed by atoms with E-state index in [4.69, 9.17) is 9.84 Å². The average Bonchev–Trinajstić information content (AvgIpc) is 2.60. The molecule has 1 aromatic heterocycles. The van der Waals surface area contributed by atoms with E-state index in [1.165, 1.54) is 10.4 Å². The standard InChI is InChI=1S/C11H17NO3S/c1-9-3-6-16-10(9)7-12(4-5-15-2)8-11(13)14/h3,6H,4-5,7-8H2,1-2H3,(H,13,14). The van der Waals surface area contributed by atoms with Gasteiger partial charge < -0.3 is 9.84 Å². The number of carboxylic acids is 1. The first-order valence-electron chi connectivity index (χ1n) is 5.09. The lowest BCUT2D eigenvalue weighted by atomic mass is 10.3. The maximum absolute atomic E-state index is 10.7. The van der Waals surface area contributed by atoms with Gasteiger partial charge in [0, 0.05) is 25.1 Å². The highest BCUT2D eigenvalue weighted by molar-refractivity contribution is 7.10. The molecule has 90 valence electrons. The summed E-state index contributed by atoms with van der Waals surface area (Å²) in [6.45, 7) is 3.97. The van der Waals surface area contributed by atoms with Gasteiger partial charge in [-0.1, -0.05) is 0 Å². The second-order valence-electron chi connectivity index (χ2n) is 3.62. The van der Waals surface area contributed by atoms with E-state index in [9.17, 15) is 4.79 Å². The molecule has 0 aliphatic rings. The third kappa shape index (κ3) is 4.30. The molecule has 1 N–H and O–H groups in total. The van der Waals surface area contributed by atoms with Gasteiger partial charge in [0.25, 0.3) is 0 Å². The second kappa shape index (κ2) is 6.62. The monoisotopic (exact) mass is 243 g/mol. The Bertz CT molecular complexity index is 338. The molecule has 0 aliphatic carbocycles. The first-order chi connectivity index (χ1) is 7.63. The number of rotatable bonds is 7. The fourth-order valence-electron chi connectivity index (χ4n) is 1.39. The number of carboxylic acid groups (broad SMARTS) is 1. The Labute approximate surface area is 99.5 Å². The highest BCUT2D eigenvalue weighted by Crippen LogP contribution is 2.17. The molecule has 0 spiro atoms. The minimum atomic E-state index is -0.801. The van der Waals surface area contributed by atoms with Crippen molar-refractivity contribution in [3.63, 3.8) is 0 Å². The number of hydrogen-bond donors (Lipinski definition) is 1. The van der Waals surface area contributed by atoms with Crippen LogP contribution in [-0.4, -0.2) is 42.8 Å². The first-order valence-corrected chi connectivity index (χ1v) is 5.97. The fourth-order valence-corrected chi connectivity index (χ4v) is 2.34. The number of aryl methyl sites for hydroxylation is 1. The van der Waals surface area contributed by atoms with Gasteiger partial charge in [-0.25, -0.2) is 0 Å². The van der Waals surface area contributed by atoms with Crippen molar-refractivity contribution in [3.8, 4) is 0 Å². The number of carbonyl (C=O) groups is 1. The molecule has 4 nitrogen and oxygen atoms in total. The molecular formula is C11H17NO3S. The van der Waals surface area contributed by atoms with Crippen LogP contribution in [0.3, 0.4) is 0 Å². The van der Waals surface area contributed by atoms with Crippen molar-refractivity contribution < 1.29 is 14.6 Å². The van der Waals surface area contributed by atoms with Crippen LogP contribution < -0.4 is 0 Å². The first kappa shape index (κ1) is 13.2. The van der Waals surface area contributed by atoms with Crippen LogP contribution in [0.2, 0.25) is 0 Å². The molecule has 1 heterocycles. The Balaban J connectivity index is 2.55. The van der Waals surface area contributed by atoms with E-state index in [1.54, 1.807) is 18.4 Å². The SMILES string of the molecule is COCCN(CC(=O)O)Cc1sccc1C. The molecule has 1 rings (SSSR count). The van der Waals surface area contributed by atoms with Crippen LogP contribution in [0.5, 0.6) is 0 Å². The van der Waals surface area contributed by atoms with Crippen molar-refractivity contribution in [2.24, 2.45) is 0 Å². The Morgan fingerprint density at radius 2 is 2.38 bits per heavy atom. The zero-order chi connectivity index (χ0) is 12.0. The van der Waals surface area contributed by atoms with Crippen LogP contribution in [0.4, 0.5) is 0 Å². The van der Waals surface area contributed by atoms with Gasteiger partial charge in [0.1, 0.15) is 0 Å². The average molecular weight is 243 g/mol. The summed E-state index contributed by atoms with van der Waals surface area (Å²) in [4.78, 5) is 13.8. The van der Waals surface area contributed by atoms with Gasteiger partial charge in [0.05, 0.1) is 13.2 Å². The fraction of sp³-hybridized carbons (Fsp3) is 0.545. The van der Waals surface area contributed by atoms with Gasteiger partial charge in [-0.2, -0.15) is 0 Å². The van der Waals surface area contributed by atoms with Gasteiger partial charge in [-0.15, -0.1) is 11.3 Å². The van der Waals surface area contributed by atoms with E-state index in [0.717, 1.165) is 0 Å². The molecule has 5 heteroatoms. The lowest BCUT2D eigenvalue weighted by Crippen LogP contribution is -2.32. The lowest BCUT2D eigenvalue weighted by molar-refractivity contribution is -0.138. The molecule has 0 aromatic carbocycles. The van der Waals surface area contributed by atoms with E-state index in [-0.39, 0.29) is 6.54 Å². The summed E-state index contributed by atoms with van der Waals surface area (Å²) in [5, 5.41) is 10.8.